The number of aliphatic hydroxyl groups is 1. The zero-order valence-corrected chi connectivity index (χ0v) is 24.6. The first kappa shape index (κ1) is 31.1. The highest BCUT2D eigenvalue weighted by molar-refractivity contribution is 6.00. The number of nitrogens with zero attached hydrogens (tertiary/aromatic N) is 2. The van der Waals surface area contributed by atoms with Crippen molar-refractivity contribution in [2.45, 2.75) is 70.6 Å². The van der Waals surface area contributed by atoms with Crippen LogP contribution in [0.1, 0.15) is 51.5 Å². The van der Waals surface area contributed by atoms with Crippen LogP contribution < -0.4 is 20.7 Å². The minimum absolute atomic E-state index is 0.00617. The quantitative estimate of drug-likeness (QED) is 0.380. The third kappa shape index (κ3) is 8.34. The Hall–Kier alpha value is -3.86. The Morgan fingerprint density at radius 2 is 1.76 bits per heavy atom. The van der Waals surface area contributed by atoms with Crippen LogP contribution in [0.25, 0.3) is 0 Å². The summed E-state index contributed by atoms with van der Waals surface area (Å²) in [7, 11) is 1.74. The van der Waals surface area contributed by atoms with Gasteiger partial charge < -0.3 is 35.6 Å². The fourth-order valence-corrected chi connectivity index (χ4v) is 5.44. The summed E-state index contributed by atoms with van der Waals surface area (Å²) < 4.78 is 19.7. The van der Waals surface area contributed by atoms with E-state index in [-0.39, 0.29) is 36.9 Å². The number of urea groups is 2. The van der Waals surface area contributed by atoms with Crippen LogP contribution in [0.5, 0.6) is 5.75 Å². The molecule has 1 aliphatic heterocycles. The fraction of sp³-hybridized carbons (Fsp3) is 0.516. The topological polar surface area (TPSA) is 123 Å². The van der Waals surface area contributed by atoms with E-state index in [0.717, 1.165) is 25.7 Å². The lowest BCUT2D eigenvalue weighted by Gasteiger charge is -2.34. The molecule has 0 radical (unpaired) electrons. The van der Waals surface area contributed by atoms with Crippen molar-refractivity contribution >= 4 is 29.3 Å². The van der Waals surface area contributed by atoms with Crippen LogP contribution in [0.15, 0.2) is 42.5 Å². The first-order valence-corrected chi connectivity index (χ1v) is 14.7. The number of likely N-dealkylation sites (N-methyl/N-ethyl adjacent to an activating group) is 1. The fourth-order valence-electron chi connectivity index (χ4n) is 5.44. The van der Waals surface area contributed by atoms with Crippen molar-refractivity contribution in [3.63, 3.8) is 0 Å². The minimum Gasteiger partial charge on any atom is -0.488 e. The Labute approximate surface area is 246 Å². The van der Waals surface area contributed by atoms with E-state index < -0.39 is 24.0 Å². The SMILES string of the molecule is C[C@H]1CN([C@@H](C)CO)C(=O)Cc2cc(NC(=O)Nc3ccc(F)cc3)ccc2O[C@@H]1CN(C)C(=O)NC1CCCCC1. The third-order valence-corrected chi connectivity index (χ3v) is 8.01. The number of hydrogen-bond donors (Lipinski definition) is 4. The molecule has 4 rings (SSSR count). The number of anilines is 2. The van der Waals surface area contributed by atoms with Gasteiger partial charge >= 0.3 is 12.1 Å². The predicted molar refractivity (Wildman–Crippen MR) is 159 cm³/mol. The number of amides is 5. The van der Waals surface area contributed by atoms with E-state index in [1.165, 1.54) is 30.7 Å². The smallest absolute Gasteiger partial charge is 0.323 e. The van der Waals surface area contributed by atoms with Crippen LogP contribution in [0.2, 0.25) is 0 Å². The van der Waals surface area contributed by atoms with Crippen molar-refractivity contribution in [3.8, 4) is 5.75 Å². The Balaban J connectivity index is 1.53. The number of nitrogens with one attached hydrogen (secondary N) is 3. The number of hydrogen-bond acceptors (Lipinski definition) is 5. The molecule has 5 amide bonds. The summed E-state index contributed by atoms with van der Waals surface area (Å²) in [6.45, 7) is 4.23. The Morgan fingerprint density at radius 3 is 2.45 bits per heavy atom. The van der Waals surface area contributed by atoms with Crippen molar-refractivity contribution in [2.24, 2.45) is 5.92 Å². The van der Waals surface area contributed by atoms with Gasteiger partial charge in [-0.25, -0.2) is 14.0 Å². The van der Waals surface area contributed by atoms with Gasteiger partial charge in [-0.05, 0) is 62.2 Å². The standard InChI is InChI=1S/C31H42FN5O5/c1-20-17-37(21(2)19-38)29(39)16-22-15-26(34-30(40)33-25-11-9-23(32)10-12-25)13-14-27(22)42-28(20)18-36(3)31(41)35-24-7-5-4-6-8-24/h9-15,20-21,24,28,38H,4-8,16-19H2,1-3H3,(H,35,41)(H2,33,34,40)/t20-,21-,28+/m0/s1. The van der Waals surface area contributed by atoms with Gasteiger partial charge in [0.2, 0.25) is 5.91 Å². The minimum atomic E-state index is -0.524. The van der Waals surface area contributed by atoms with E-state index in [9.17, 15) is 23.9 Å². The molecule has 1 heterocycles. The van der Waals surface area contributed by atoms with E-state index in [1.807, 2.05) is 6.92 Å². The number of carbonyl (C=O) groups is 3. The Bertz CT molecular complexity index is 1240. The maximum Gasteiger partial charge on any atom is 0.323 e. The van der Waals surface area contributed by atoms with Crippen LogP contribution in [0.3, 0.4) is 0 Å². The molecule has 1 aliphatic carbocycles. The molecule has 2 aliphatic rings. The second-order valence-corrected chi connectivity index (χ2v) is 11.5. The third-order valence-electron chi connectivity index (χ3n) is 8.01. The predicted octanol–water partition coefficient (Wildman–Crippen LogP) is 4.59. The zero-order valence-electron chi connectivity index (χ0n) is 24.6. The molecule has 11 heteroatoms. The van der Waals surface area contributed by atoms with Gasteiger partial charge in [0.15, 0.2) is 0 Å². The molecule has 0 spiro atoms. The molecule has 0 saturated heterocycles. The second kappa shape index (κ2) is 14.4. The Kier molecular flexibility index (Phi) is 10.6. The van der Waals surface area contributed by atoms with Gasteiger partial charge in [-0.2, -0.15) is 0 Å². The number of fused-ring (bicyclic) bond motifs is 1. The molecule has 10 nitrogen and oxygen atoms in total. The number of ether oxygens (including phenoxy) is 1. The van der Waals surface area contributed by atoms with E-state index in [4.69, 9.17) is 4.74 Å². The van der Waals surface area contributed by atoms with Crippen molar-refractivity contribution in [2.75, 3.05) is 37.4 Å². The first-order valence-electron chi connectivity index (χ1n) is 14.7. The lowest BCUT2D eigenvalue weighted by Crippen LogP contribution is -2.50. The first-order chi connectivity index (χ1) is 20.1. The van der Waals surface area contributed by atoms with Gasteiger partial charge in [0.05, 0.1) is 25.6 Å². The summed E-state index contributed by atoms with van der Waals surface area (Å²) in [5, 5.41) is 18.4. The molecule has 0 bridgehead atoms. The van der Waals surface area contributed by atoms with E-state index >= 15 is 0 Å². The summed E-state index contributed by atoms with van der Waals surface area (Å²) in [5.41, 5.74) is 1.44. The van der Waals surface area contributed by atoms with Gasteiger partial charge in [0, 0.05) is 42.5 Å². The van der Waals surface area contributed by atoms with E-state index in [1.54, 1.807) is 42.0 Å². The van der Waals surface area contributed by atoms with Crippen molar-refractivity contribution in [3.05, 3.63) is 53.8 Å². The van der Waals surface area contributed by atoms with Gasteiger partial charge in [0.1, 0.15) is 17.7 Å². The number of carbonyl (C=O) groups excluding carboxylic acids is 3. The van der Waals surface area contributed by atoms with Crippen LogP contribution in [-0.2, 0) is 11.2 Å². The maximum atomic E-state index is 13.4. The largest absolute Gasteiger partial charge is 0.488 e. The molecule has 1 saturated carbocycles. The lowest BCUT2D eigenvalue weighted by molar-refractivity contribution is -0.134. The van der Waals surface area contributed by atoms with Crippen LogP contribution >= 0.6 is 0 Å². The summed E-state index contributed by atoms with van der Waals surface area (Å²) in [4.78, 5) is 42.3. The number of aliphatic hydroxyl groups excluding tert-OH is 1. The van der Waals surface area contributed by atoms with Crippen molar-refractivity contribution < 1.29 is 28.6 Å². The maximum absolute atomic E-state index is 13.4. The number of halogens is 1. The number of benzene rings is 2. The van der Waals surface area contributed by atoms with Crippen LogP contribution in [0.4, 0.5) is 25.4 Å². The summed E-state index contributed by atoms with van der Waals surface area (Å²) in [5.74, 6) is -0.246. The molecule has 1 fully saturated rings. The molecule has 42 heavy (non-hydrogen) atoms. The molecule has 0 aromatic heterocycles. The van der Waals surface area contributed by atoms with Gasteiger partial charge in [-0.3, -0.25) is 4.79 Å². The molecular weight excluding hydrogens is 541 g/mol. The highest BCUT2D eigenvalue weighted by Crippen LogP contribution is 2.29. The van der Waals surface area contributed by atoms with Crippen LogP contribution in [-0.4, -0.2) is 77.8 Å². The second-order valence-electron chi connectivity index (χ2n) is 11.5. The molecule has 4 N–H and O–H groups in total. The average Bonchev–Trinajstić information content (AvgIpc) is 3.01. The van der Waals surface area contributed by atoms with Crippen molar-refractivity contribution in [1.82, 2.24) is 15.1 Å². The molecule has 0 unspecified atom stereocenters. The molecule has 2 aromatic carbocycles. The summed E-state index contributed by atoms with van der Waals surface area (Å²) in [6, 6.07) is 9.59. The zero-order chi connectivity index (χ0) is 30.2. The van der Waals surface area contributed by atoms with E-state index in [2.05, 4.69) is 16.0 Å². The van der Waals surface area contributed by atoms with Crippen molar-refractivity contribution in [1.29, 1.82) is 0 Å². The normalized spacial score (nSPS) is 20.2. The summed E-state index contributed by atoms with van der Waals surface area (Å²) >= 11 is 0. The van der Waals surface area contributed by atoms with E-state index in [0.29, 0.717) is 35.8 Å². The molecular formula is C31H42FN5O5. The molecule has 2 aromatic rings. The average molecular weight is 584 g/mol. The number of rotatable bonds is 7. The Morgan fingerprint density at radius 1 is 1.10 bits per heavy atom. The molecule has 228 valence electrons. The summed E-state index contributed by atoms with van der Waals surface area (Å²) in [6.07, 6.45) is 4.97. The van der Waals surface area contributed by atoms with Gasteiger partial charge in [-0.1, -0.05) is 26.2 Å². The highest BCUT2D eigenvalue weighted by atomic mass is 19.1. The monoisotopic (exact) mass is 583 g/mol. The lowest BCUT2D eigenvalue weighted by atomic mass is 9.96. The van der Waals surface area contributed by atoms with Gasteiger partial charge in [0.25, 0.3) is 0 Å². The van der Waals surface area contributed by atoms with Crippen LogP contribution in [0, 0.1) is 11.7 Å². The van der Waals surface area contributed by atoms with Gasteiger partial charge in [-0.15, -0.1) is 0 Å². The molecule has 3 atom stereocenters. The highest BCUT2D eigenvalue weighted by Gasteiger charge is 2.32.